The minimum Gasteiger partial charge on any atom is -0.462 e. The Balaban J connectivity index is 2.72. The van der Waals surface area contributed by atoms with E-state index >= 15 is 0 Å². The molecule has 0 bridgehead atoms. The zero-order valence-corrected chi connectivity index (χ0v) is 14.9. The Kier molecular flexibility index (Phi) is 8.09. The fourth-order valence-corrected chi connectivity index (χ4v) is 1.83. The highest BCUT2D eigenvalue weighted by Crippen LogP contribution is 2.06. The van der Waals surface area contributed by atoms with E-state index in [2.05, 4.69) is 33.4 Å². The fraction of sp³-hybridized carbons (Fsp3) is 0.267. The van der Waals surface area contributed by atoms with Crippen LogP contribution >= 0.6 is 22.6 Å². The molecule has 0 aliphatic carbocycles. The first-order chi connectivity index (χ1) is 11.0. The molecule has 7 nitrogen and oxygen atoms in total. The van der Waals surface area contributed by atoms with Gasteiger partial charge in [0.2, 0.25) is 0 Å². The molecule has 1 amide bonds. The maximum absolute atomic E-state index is 11.9. The highest BCUT2D eigenvalue weighted by Gasteiger charge is 2.21. The van der Waals surface area contributed by atoms with E-state index in [4.69, 9.17) is 9.47 Å². The molecule has 23 heavy (non-hydrogen) atoms. The highest BCUT2D eigenvalue weighted by molar-refractivity contribution is 14.1. The van der Waals surface area contributed by atoms with Crippen LogP contribution in [0.5, 0.6) is 0 Å². The number of halogens is 1. The first-order valence-corrected chi connectivity index (χ1v) is 7.93. The van der Waals surface area contributed by atoms with Crippen molar-refractivity contribution in [2.24, 2.45) is 0 Å². The van der Waals surface area contributed by atoms with Gasteiger partial charge in [0.05, 0.1) is 13.2 Å². The van der Waals surface area contributed by atoms with Crippen molar-refractivity contribution in [3.63, 3.8) is 0 Å². The summed E-state index contributed by atoms with van der Waals surface area (Å²) >= 11 is 2.13. The molecule has 0 radical (unpaired) electrons. The van der Waals surface area contributed by atoms with Crippen LogP contribution in [0.15, 0.2) is 36.0 Å². The Bertz CT molecular complexity index is 578. The van der Waals surface area contributed by atoms with Crippen molar-refractivity contribution in [3.8, 4) is 0 Å². The van der Waals surface area contributed by atoms with E-state index in [0.717, 1.165) is 9.77 Å². The molecule has 1 aromatic rings. The number of carbonyl (C=O) groups is 3. The molecular formula is C15H17IN2O5. The van der Waals surface area contributed by atoms with Crippen molar-refractivity contribution in [2.45, 2.75) is 13.8 Å². The molecule has 0 saturated carbocycles. The molecule has 0 aliphatic heterocycles. The predicted octanol–water partition coefficient (Wildman–Crippen LogP) is 1.54. The zero-order chi connectivity index (χ0) is 17.2. The van der Waals surface area contributed by atoms with Crippen molar-refractivity contribution >= 4 is 40.4 Å². The second-order valence-corrected chi connectivity index (χ2v) is 5.35. The summed E-state index contributed by atoms with van der Waals surface area (Å²) in [5.74, 6) is -2.08. The summed E-state index contributed by atoms with van der Waals surface area (Å²) in [4.78, 5) is 35.3. The van der Waals surface area contributed by atoms with Crippen molar-refractivity contribution in [1.82, 2.24) is 10.9 Å². The maximum Gasteiger partial charge on any atom is 0.347 e. The standard InChI is InChI=1S/C15H17IN2O5/c1-3-22-14(20)12(15(21)23-4-2)9-17-18-13(19)10-5-7-11(16)8-6-10/h5-9,17H,3-4H2,1-2H3,(H,18,19). The predicted molar refractivity (Wildman–Crippen MR) is 91.1 cm³/mol. The van der Waals surface area contributed by atoms with Gasteiger partial charge in [-0.1, -0.05) is 0 Å². The summed E-state index contributed by atoms with van der Waals surface area (Å²) in [6.45, 7) is 3.47. The van der Waals surface area contributed by atoms with E-state index in [1.54, 1.807) is 38.1 Å². The largest absolute Gasteiger partial charge is 0.462 e. The molecule has 0 fully saturated rings. The van der Waals surface area contributed by atoms with Crippen molar-refractivity contribution < 1.29 is 23.9 Å². The van der Waals surface area contributed by atoms with Crippen LogP contribution < -0.4 is 10.9 Å². The van der Waals surface area contributed by atoms with Crippen LogP contribution in [-0.4, -0.2) is 31.1 Å². The van der Waals surface area contributed by atoms with Crippen LogP contribution in [0.2, 0.25) is 0 Å². The van der Waals surface area contributed by atoms with Gasteiger partial charge in [0, 0.05) is 15.3 Å². The van der Waals surface area contributed by atoms with Crippen LogP contribution in [0.3, 0.4) is 0 Å². The molecule has 2 N–H and O–H groups in total. The van der Waals surface area contributed by atoms with E-state index in [1.807, 2.05) is 0 Å². The van der Waals surface area contributed by atoms with E-state index < -0.39 is 17.8 Å². The molecular weight excluding hydrogens is 415 g/mol. The summed E-state index contributed by atoms with van der Waals surface area (Å²) in [6.07, 6.45) is 1.04. The Morgan fingerprint density at radius 1 is 1.04 bits per heavy atom. The smallest absolute Gasteiger partial charge is 0.347 e. The summed E-state index contributed by atoms with van der Waals surface area (Å²) in [6, 6.07) is 6.88. The van der Waals surface area contributed by atoms with E-state index in [0.29, 0.717) is 5.56 Å². The van der Waals surface area contributed by atoms with E-state index in [1.165, 1.54) is 0 Å². The third-order valence-corrected chi connectivity index (χ3v) is 3.22. The lowest BCUT2D eigenvalue weighted by atomic mass is 10.2. The van der Waals surface area contributed by atoms with Gasteiger partial charge in [0.15, 0.2) is 5.57 Å². The number of hydrazine groups is 1. The molecule has 8 heteroatoms. The van der Waals surface area contributed by atoms with Gasteiger partial charge in [-0.3, -0.25) is 10.2 Å². The molecule has 0 atom stereocenters. The van der Waals surface area contributed by atoms with Crippen molar-refractivity contribution in [1.29, 1.82) is 0 Å². The second-order valence-electron chi connectivity index (χ2n) is 4.10. The van der Waals surface area contributed by atoms with E-state index in [-0.39, 0.29) is 18.8 Å². The monoisotopic (exact) mass is 432 g/mol. The van der Waals surface area contributed by atoms with Crippen LogP contribution in [-0.2, 0) is 19.1 Å². The molecule has 0 heterocycles. The number of hydrogen-bond donors (Lipinski definition) is 2. The number of hydrogen-bond acceptors (Lipinski definition) is 6. The third-order valence-electron chi connectivity index (χ3n) is 2.50. The lowest BCUT2D eigenvalue weighted by molar-refractivity contribution is -0.146. The van der Waals surface area contributed by atoms with Gasteiger partial charge in [-0.15, -0.1) is 0 Å². The van der Waals surface area contributed by atoms with Crippen molar-refractivity contribution in [2.75, 3.05) is 13.2 Å². The summed E-state index contributed by atoms with van der Waals surface area (Å²) in [5, 5.41) is 0. The van der Waals surface area contributed by atoms with Crippen molar-refractivity contribution in [3.05, 3.63) is 45.2 Å². The molecule has 1 aromatic carbocycles. The van der Waals surface area contributed by atoms with Gasteiger partial charge < -0.3 is 14.9 Å². The highest BCUT2D eigenvalue weighted by atomic mass is 127. The quantitative estimate of drug-likeness (QED) is 0.170. The summed E-state index contributed by atoms with van der Waals surface area (Å²) in [7, 11) is 0. The van der Waals surface area contributed by atoms with Gasteiger partial charge in [-0.05, 0) is 60.7 Å². The van der Waals surface area contributed by atoms with Crippen LogP contribution in [0.1, 0.15) is 24.2 Å². The van der Waals surface area contributed by atoms with Crippen LogP contribution in [0.25, 0.3) is 0 Å². The van der Waals surface area contributed by atoms with Gasteiger partial charge in [0.25, 0.3) is 5.91 Å². The number of ether oxygens (including phenoxy) is 2. The number of nitrogens with one attached hydrogen (secondary N) is 2. The van der Waals surface area contributed by atoms with Gasteiger partial charge in [0.1, 0.15) is 0 Å². The first-order valence-electron chi connectivity index (χ1n) is 6.85. The minimum atomic E-state index is -0.832. The Labute approximate surface area is 147 Å². The molecule has 0 aromatic heterocycles. The average molecular weight is 432 g/mol. The lowest BCUT2D eigenvalue weighted by Gasteiger charge is -2.08. The molecule has 0 spiro atoms. The Hall–Kier alpha value is -2.10. The second kappa shape index (κ2) is 9.82. The molecule has 0 saturated heterocycles. The number of benzene rings is 1. The normalized spacial score (nSPS) is 9.52. The topological polar surface area (TPSA) is 93.7 Å². The fourth-order valence-electron chi connectivity index (χ4n) is 1.47. The van der Waals surface area contributed by atoms with Gasteiger partial charge in [-0.2, -0.15) is 0 Å². The molecule has 124 valence electrons. The molecule has 1 rings (SSSR count). The summed E-state index contributed by atoms with van der Waals surface area (Å²) < 4.78 is 10.5. The third kappa shape index (κ3) is 6.27. The zero-order valence-electron chi connectivity index (χ0n) is 12.7. The van der Waals surface area contributed by atoms with Crippen LogP contribution in [0, 0.1) is 3.57 Å². The Morgan fingerprint density at radius 3 is 2.04 bits per heavy atom. The lowest BCUT2D eigenvalue weighted by Crippen LogP contribution is -2.35. The number of esters is 2. The molecule has 0 unspecified atom stereocenters. The minimum absolute atomic E-state index is 0.116. The van der Waals surface area contributed by atoms with Gasteiger partial charge in [-0.25, -0.2) is 9.59 Å². The average Bonchev–Trinajstić information content (AvgIpc) is 2.52. The summed E-state index contributed by atoms with van der Waals surface area (Å²) in [5.41, 5.74) is 4.87. The Morgan fingerprint density at radius 2 is 1.57 bits per heavy atom. The van der Waals surface area contributed by atoms with Crippen LogP contribution in [0.4, 0.5) is 0 Å². The van der Waals surface area contributed by atoms with E-state index in [9.17, 15) is 14.4 Å². The number of rotatable bonds is 7. The SMILES string of the molecule is CCOC(=O)C(=CNNC(=O)c1ccc(I)cc1)C(=O)OCC. The first kappa shape index (κ1) is 18.9. The van der Waals surface area contributed by atoms with Gasteiger partial charge >= 0.3 is 11.9 Å². The molecule has 0 aliphatic rings. The maximum atomic E-state index is 11.9. The number of carbonyl (C=O) groups excluding carboxylic acids is 3. The number of amides is 1.